The molecule has 0 aliphatic rings. The molecule has 0 bridgehead atoms. The Hall–Kier alpha value is -1.69. The standard InChI is InChI=1S/C8H8N4OS/c1-4-7(14-3-10-4)5-2-6(8(9)13)12-11-5/h2-3H,1H3,(H2,9,13)(H,11,12). The number of nitrogens with one attached hydrogen (secondary N) is 1. The Morgan fingerprint density at radius 3 is 2.93 bits per heavy atom. The molecule has 6 heteroatoms. The van der Waals surface area contributed by atoms with E-state index < -0.39 is 5.91 Å². The van der Waals surface area contributed by atoms with Crippen LogP contribution >= 0.6 is 11.3 Å². The fourth-order valence-electron chi connectivity index (χ4n) is 1.12. The molecule has 0 saturated heterocycles. The van der Waals surface area contributed by atoms with Gasteiger partial charge in [0.1, 0.15) is 5.69 Å². The minimum atomic E-state index is -0.533. The van der Waals surface area contributed by atoms with E-state index >= 15 is 0 Å². The molecular formula is C8H8N4OS. The number of aryl methyl sites for hydroxylation is 1. The zero-order chi connectivity index (χ0) is 10.1. The molecule has 2 heterocycles. The van der Waals surface area contributed by atoms with Crippen LogP contribution in [0.5, 0.6) is 0 Å². The number of rotatable bonds is 2. The molecule has 0 atom stereocenters. The van der Waals surface area contributed by atoms with Crippen molar-refractivity contribution in [2.24, 2.45) is 5.73 Å². The van der Waals surface area contributed by atoms with Gasteiger partial charge in [-0.2, -0.15) is 5.10 Å². The molecule has 1 amide bonds. The quantitative estimate of drug-likeness (QED) is 0.770. The second-order valence-electron chi connectivity index (χ2n) is 2.80. The van der Waals surface area contributed by atoms with Crippen LogP contribution in [0.1, 0.15) is 16.2 Å². The van der Waals surface area contributed by atoms with Gasteiger partial charge in [-0.1, -0.05) is 0 Å². The first kappa shape index (κ1) is 8.89. The number of nitrogens with two attached hydrogens (primary N) is 1. The normalized spacial score (nSPS) is 10.4. The summed E-state index contributed by atoms with van der Waals surface area (Å²) in [5.41, 5.74) is 8.76. The van der Waals surface area contributed by atoms with Crippen molar-refractivity contribution in [2.75, 3.05) is 0 Å². The summed E-state index contributed by atoms with van der Waals surface area (Å²) in [7, 11) is 0. The molecule has 0 radical (unpaired) electrons. The average Bonchev–Trinajstić information content (AvgIpc) is 2.71. The summed E-state index contributed by atoms with van der Waals surface area (Å²) in [5.74, 6) is -0.533. The van der Waals surface area contributed by atoms with Gasteiger partial charge in [-0.05, 0) is 13.0 Å². The third-order valence-corrected chi connectivity index (χ3v) is 2.78. The van der Waals surface area contributed by atoms with Crippen molar-refractivity contribution in [2.45, 2.75) is 6.92 Å². The number of amides is 1. The van der Waals surface area contributed by atoms with E-state index in [2.05, 4.69) is 15.2 Å². The van der Waals surface area contributed by atoms with Crippen LogP contribution in [0.25, 0.3) is 10.6 Å². The third-order valence-electron chi connectivity index (χ3n) is 1.82. The van der Waals surface area contributed by atoms with E-state index in [-0.39, 0.29) is 5.69 Å². The van der Waals surface area contributed by atoms with Gasteiger partial charge in [-0.3, -0.25) is 9.89 Å². The SMILES string of the molecule is Cc1ncsc1-c1cc(C(N)=O)n[nH]1. The highest BCUT2D eigenvalue weighted by Gasteiger charge is 2.10. The zero-order valence-corrected chi connectivity index (χ0v) is 8.26. The van der Waals surface area contributed by atoms with Crippen molar-refractivity contribution in [3.05, 3.63) is 23.0 Å². The van der Waals surface area contributed by atoms with Crippen LogP contribution in [0.15, 0.2) is 11.6 Å². The summed E-state index contributed by atoms with van der Waals surface area (Å²) in [6.45, 7) is 1.90. The van der Waals surface area contributed by atoms with E-state index in [0.717, 1.165) is 16.3 Å². The number of aromatic nitrogens is 3. The van der Waals surface area contributed by atoms with Crippen molar-refractivity contribution in [1.82, 2.24) is 15.2 Å². The molecule has 0 saturated carbocycles. The Morgan fingerprint density at radius 2 is 2.43 bits per heavy atom. The third kappa shape index (κ3) is 1.39. The van der Waals surface area contributed by atoms with Crippen molar-refractivity contribution >= 4 is 17.2 Å². The summed E-state index contributed by atoms with van der Waals surface area (Å²) in [6, 6.07) is 1.63. The molecule has 2 aromatic rings. The number of primary amides is 1. The van der Waals surface area contributed by atoms with Crippen molar-refractivity contribution < 1.29 is 4.79 Å². The Morgan fingerprint density at radius 1 is 1.64 bits per heavy atom. The molecular weight excluding hydrogens is 200 g/mol. The first-order valence-electron chi connectivity index (χ1n) is 3.94. The summed E-state index contributed by atoms with van der Waals surface area (Å²) < 4.78 is 0. The van der Waals surface area contributed by atoms with Gasteiger partial charge in [0.15, 0.2) is 0 Å². The molecule has 5 nitrogen and oxygen atoms in total. The summed E-state index contributed by atoms with van der Waals surface area (Å²) in [5, 5.41) is 6.54. The Kier molecular flexibility index (Phi) is 2.05. The topological polar surface area (TPSA) is 84.7 Å². The van der Waals surface area contributed by atoms with Crippen molar-refractivity contribution in [3.8, 4) is 10.6 Å². The highest BCUT2D eigenvalue weighted by Crippen LogP contribution is 2.25. The number of hydrogen-bond donors (Lipinski definition) is 2. The number of carbonyl (C=O) groups is 1. The molecule has 0 aliphatic carbocycles. The number of thiazole rings is 1. The molecule has 0 aliphatic heterocycles. The van der Waals surface area contributed by atoms with Gasteiger partial charge in [0.25, 0.3) is 5.91 Å². The zero-order valence-electron chi connectivity index (χ0n) is 7.44. The highest BCUT2D eigenvalue weighted by atomic mass is 32.1. The highest BCUT2D eigenvalue weighted by molar-refractivity contribution is 7.13. The molecule has 0 spiro atoms. The molecule has 2 aromatic heterocycles. The Balaban J connectivity index is 2.43. The van der Waals surface area contributed by atoms with Crippen LogP contribution in [-0.2, 0) is 0 Å². The molecule has 2 rings (SSSR count). The van der Waals surface area contributed by atoms with E-state index in [1.54, 1.807) is 11.6 Å². The van der Waals surface area contributed by atoms with Crippen LogP contribution < -0.4 is 5.73 Å². The second-order valence-corrected chi connectivity index (χ2v) is 3.65. The average molecular weight is 208 g/mol. The predicted molar refractivity (Wildman–Crippen MR) is 53.0 cm³/mol. The van der Waals surface area contributed by atoms with Gasteiger partial charge < -0.3 is 5.73 Å². The van der Waals surface area contributed by atoms with Gasteiger partial charge >= 0.3 is 0 Å². The van der Waals surface area contributed by atoms with Gasteiger partial charge in [0.05, 0.1) is 21.8 Å². The van der Waals surface area contributed by atoms with Crippen molar-refractivity contribution in [3.63, 3.8) is 0 Å². The van der Waals surface area contributed by atoms with E-state index in [0.29, 0.717) is 0 Å². The second kappa shape index (κ2) is 3.22. The number of H-pyrrole nitrogens is 1. The maximum absolute atomic E-state index is 10.8. The fourth-order valence-corrected chi connectivity index (χ4v) is 1.90. The first-order valence-corrected chi connectivity index (χ1v) is 4.82. The lowest BCUT2D eigenvalue weighted by molar-refractivity contribution is 0.0995. The lowest BCUT2D eigenvalue weighted by Gasteiger charge is -1.90. The summed E-state index contributed by atoms with van der Waals surface area (Å²) in [6.07, 6.45) is 0. The number of aromatic amines is 1. The molecule has 0 aromatic carbocycles. The minimum Gasteiger partial charge on any atom is -0.364 e. The summed E-state index contributed by atoms with van der Waals surface area (Å²) in [4.78, 5) is 15.9. The number of nitrogens with zero attached hydrogens (tertiary/aromatic N) is 2. The Labute approximate surface area is 84.0 Å². The van der Waals surface area contributed by atoms with Crippen LogP contribution in [0.4, 0.5) is 0 Å². The first-order chi connectivity index (χ1) is 6.68. The van der Waals surface area contributed by atoms with Crippen LogP contribution in [-0.4, -0.2) is 21.1 Å². The van der Waals surface area contributed by atoms with E-state index in [4.69, 9.17) is 5.73 Å². The number of carbonyl (C=O) groups excluding carboxylic acids is 1. The lowest BCUT2D eigenvalue weighted by atomic mass is 10.3. The lowest BCUT2D eigenvalue weighted by Crippen LogP contribution is -2.10. The predicted octanol–water partition coefficient (Wildman–Crippen LogP) is 0.941. The molecule has 0 fully saturated rings. The fraction of sp³-hybridized carbons (Fsp3) is 0.125. The maximum Gasteiger partial charge on any atom is 0.269 e. The molecule has 0 unspecified atom stereocenters. The monoisotopic (exact) mass is 208 g/mol. The summed E-state index contributed by atoms with van der Waals surface area (Å²) >= 11 is 1.49. The largest absolute Gasteiger partial charge is 0.364 e. The maximum atomic E-state index is 10.8. The van der Waals surface area contributed by atoms with E-state index in [1.165, 1.54) is 11.3 Å². The van der Waals surface area contributed by atoms with E-state index in [9.17, 15) is 4.79 Å². The molecule has 72 valence electrons. The van der Waals surface area contributed by atoms with Crippen LogP contribution in [0.2, 0.25) is 0 Å². The van der Waals surface area contributed by atoms with Crippen molar-refractivity contribution in [1.29, 1.82) is 0 Å². The number of hydrogen-bond acceptors (Lipinski definition) is 4. The van der Waals surface area contributed by atoms with Gasteiger partial charge in [0, 0.05) is 0 Å². The van der Waals surface area contributed by atoms with E-state index in [1.807, 2.05) is 6.92 Å². The van der Waals surface area contributed by atoms with Crippen LogP contribution in [0, 0.1) is 6.92 Å². The van der Waals surface area contributed by atoms with Gasteiger partial charge in [-0.25, -0.2) is 4.98 Å². The van der Waals surface area contributed by atoms with Gasteiger partial charge in [-0.15, -0.1) is 11.3 Å². The molecule has 14 heavy (non-hydrogen) atoms. The minimum absolute atomic E-state index is 0.243. The van der Waals surface area contributed by atoms with Gasteiger partial charge in [0.2, 0.25) is 0 Å². The molecule has 3 N–H and O–H groups in total. The van der Waals surface area contributed by atoms with Crippen LogP contribution in [0.3, 0.4) is 0 Å². The smallest absolute Gasteiger partial charge is 0.269 e. The Bertz CT molecular complexity index is 473.